The van der Waals surface area contributed by atoms with Gasteiger partial charge >= 0.3 is 6.03 Å². The number of urea groups is 1. The Labute approximate surface area is 220 Å². The third-order valence-corrected chi connectivity index (χ3v) is 7.13. The van der Waals surface area contributed by atoms with Crippen LogP contribution in [0.4, 0.5) is 22.0 Å². The number of carbonyl (C=O) groups excluding carboxylic acids is 3. The third kappa shape index (κ3) is 4.70. The van der Waals surface area contributed by atoms with E-state index in [1.165, 1.54) is 16.4 Å². The van der Waals surface area contributed by atoms with Gasteiger partial charge in [-0.25, -0.2) is 9.78 Å². The van der Waals surface area contributed by atoms with Gasteiger partial charge in [0, 0.05) is 48.8 Å². The number of imide groups is 1. The molecule has 0 aliphatic carbocycles. The van der Waals surface area contributed by atoms with Gasteiger partial charge in [0.2, 0.25) is 5.91 Å². The summed E-state index contributed by atoms with van der Waals surface area (Å²) >= 11 is 0. The predicted molar refractivity (Wildman–Crippen MR) is 145 cm³/mol. The monoisotopic (exact) mass is 514 g/mol. The predicted octanol–water partition coefficient (Wildman–Crippen LogP) is 3.22. The average molecular weight is 515 g/mol. The summed E-state index contributed by atoms with van der Waals surface area (Å²) in [5, 5.41) is 6.23. The van der Waals surface area contributed by atoms with E-state index in [1.54, 1.807) is 42.4 Å². The van der Waals surface area contributed by atoms with Gasteiger partial charge in [0.25, 0.3) is 5.56 Å². The molecule has 0 radical (unpaired) electrons. The normalized spacial score (nSPS) is 17.2. The summed E-state index contributed by atoms with van der Waals surface area (Å²) in [5.74, 6) is -0.0684. The van der Waals surface area contributed by atoms with Gasteiger partial charge in [-0.1, -0.05) is 12.1 Å². The molecule has 10 nitrogen and oxygen atoms in total. The first-order valence-electron chi connectivity index (χ1n) is 12.7. The van der Waals surface area contributed by atoms with Crippen molar-refractivity contribution in [3.05, 3.63) is 70.1 Å². The maximum absolute atomic E-state index is 13.2. The Morgan fingerprint density at radius 3 is 2.53 bits per heavy atom. The minimum Gasteiger partial charge on any atom is -0.336 e. The number of rotatable bonds is 6. The van der Waals surface area contributed by atoms with Gasteiger partial charge in [-0.3, -0.25) is 24.2 Å². The lowest BCUT2D eigenvalue weighted by Gasteiger charge is -2.22. The fourth-order valence-electron chi connectivity index (χ4n) is 4.98. The average Bonchev–Trinajstić information content (AvgIpc) is 3.57. The van der Waals surface area contributed by atoms with E-state index >= 15 is 0 Å². The zero-order valence-electron chi connectivity index (χ0n) is 21.7. The van der Waals surface area contributed by atoms with E-state index in [9.17, 15) is 19.2 Å². The summed E-state index contributed by atoms with van der Waals surface area (Å²) in [6, 6.07) is 11.8. The first kappa shape index (κ1) is 25.3. The second kappa shape index (κ2) is 10.2. The van der Waals surface area contributed by atoms with Crippen molar-refractivity contribution in [2.45, 2.75) is 32.7 Å². The molecule has 1 atom stereocenters. The van der Waals surface area contributed by atoms with Crippen LogP contribution in [0.25, 0.3) is 11.3 Å². The summed E-state index contributed by atoms with van der Waals surface area (Å²) in [5.41, 5.74) is 3.75. The van der Waals surface area contributed by atoms with E-state index in [0.717, 1.165) is 30.5 Å². The van der Waals surface area contributed by atoms with Crippen molar-refractivity contribution in [2.75, 3.05) is 29.9 Å². The van der Waals surface area contributed by atoms with Crippen LogP contribution in [0.3, 0.4) is 0 Å². The second-order valence-electron chi connectivity index (χ2n) is 9.67. The summed E-state index contributed by atoms with van der Waals surface area (Å²) in [7, 11) is 1.65. The topological polar surface area (TPSA) is 117 Å². The lowest BCUT2D eigenvalue weighted by Crippen LogP contribution is -2.45. The van der Waals surface area contributed by atoms with Gasteiger partial charge in [-0.2, -0.15) is 0 Å². The Hall–Kier alpha value is -4.31. The summed E-state index contributed by atoms with van der Waals surface area (Å²) in [6.45, 7) is 4.94. The molecule has 10 heteroatoms. The molecule has 2 N–H and O–H groups in total. The van der Waals surface area contributed by atoms with Crippen LogP contribution in [-0.2, 0) is 11.8 Å². The molecule has 2 aliphatic heterocycles. The highest BCUT2D eigenvalue weighted by Gasteiger charge is 2.38. The summed E-state index contributed by atoms with van der Waals surface area (Å²) in [4.78, 5) is 58.1. The van der Waals surface area contributed by atoms with Crippen LogP contribution < -0.4 is 21.1 Å². The zero-order valence-corrected chi connectivity index (χ0v) is 21.7. The molecular weight excluding hydrogens is 484 g/mol. The Bertz CT molecular complexity index is 1470. The molecule has 3 amide bonds. The highest BCUT2D eigenvalue weighted by atomic mass is 16.2. The number of Topliss-reactive ketones (excluding diaryl/α,β-unsaturated/α-hetero) is 1. The van der Waals surface area contributed by atoms with E-state index in [0.29, 0.717) is 35.7 Å². The molecule has 0 saturated carbocycles. The molecule has 5 rings (SSSR count). The van der Waals surface area contributed by atoms with E-state index in [2.05, 4.69) is 15.6 Å². The molecule has 3 heterocycles. The van der Waals surface area contributed by atoms with Gasteiger partial charge in [0.05, 0.1) is 11.7 Å². The van der Waals surface area contributed by atoms with Crippen molar-refractivity contribution in [2.24, 2.45) is 7.05 Å². The number of hydrogen-bond acceptors (Lipinski definition) is 7. The highest BCUT2D eigenvalue weighted by molar-refractivity contribution is 6.06. The lowest BCUT2D eigenvalue weighted by molar-refractivity contribution is -0.129. The van der Waals surface area contributed by atoms with Gasteiger partial charge in [0.1, 0.15) is 0 Å². The van der Waals surface area contributed by atoms with Crippen molar-refractivity contribution in [3.63, 3.8) is 0 Å². The van der Waals surface area contributed by atoms with E-state index in [1.807, 2.05) is 25.1 Å². The number of carbonyl (C=O) groups is 3. The molecule has 0 bridgehead atoms. The van der Waals surface area contributed by atoms with Gasteiger partial charge in [-0.15, -0.1) is 0 Å². The number of hydrogen-bond donors (Lipinski definition) is 2. The largest absolute Gasteiger partial charge is 0.336 e. The summed E-state index contributed by atoms with van der Waals surface area (Å²) in [6.07, 6.45) is 3.33. The third-order valence-electron chi connectivity index (χ3n) is 7.13. The first-order chi connectivity index (χ1) is 18.2. The number of anilines is 3. The van der Waals surface area contributed by atoms with Gasteiger partial charge < -0.3 is 15.2 Å². The zero-order chi connectivity index (χ0) is 27.0. The molecule has 3 aromatic rings. The number of aromatic nitrogens is 2. The fraction of sp³-hybridized carbons (Fsp3) is 0.321. The molecular formula is C28H30N6O4. The molecule has 2 aromatic carbocycles. The number of aryl methyl sites for hydroxylation is 1. The van der Waals surface area contributed by atoms with E-state index < -0.39 is 0 Å². The number of amides is 3. The Balaban J connectivity index is 1.43. The van der Waals surface area contributed by atoms with E-state index in [4.69, 9.17) is 0 Å². The van der Waals surface area contributed by atoms with Gasteiger partial charge in [-0.05, 0) is 69.1 Å². The first-order valence-corrected chi connectivity index (χ1v) is 12.7. The molecule has 2 saturated heterocycles. The lowest BCUT2D eigenvalue weighted by atomic mass is 10.0. The van der Waals surface area contributed by atoms with Crippen LogP contribution in [0.1, 0.15) is 35.7 Å². The Morgan fingerprint density at radius 2 is 1.84 bits per heavy atom. The molecule has 1 aromatic heterocycles. The van der Waals surface area contributed by atoms with Crippen molar-refractivity contribution in [1.29, 1.82) is 0 Å². The van der Waals surface area contributed by atoms with Crippen LogP contribution >= 0.6 is 0 Å². The van der Waals surface area contributed by atoms with Gasteiger partial charge in [0.15, 0.2) is 11.6 Å². The molecule has 2 fully saturated rings. The molecule has 0 spiro atoms. The maximum atomic E-state index is 13.2. The smallest absolute Gasteiger partial charge is 0.331 e. The highest BCUT2D eigenvalue weighted by Crippen LogP contribution is 2.32. The van der Waals surface area contributed by atoms with Crippen LogP contribution in [0, 0.1) is 6.92 Å². The number of ketones is 1. The van der Waals surface area contributed by atoms with Crippen molar-refractivity contribution >= 4 is 34.9 Å². The van der Waals surface area contributed by atoms with Crippen LogP contribution in [0.15, 0.2) is 53.5 Å². The minimum atomic E-state index is -0.325. The van der Waals surface area contributed by atoms with Crippen LogP contribution in [-0.4, -0.2) is 57.8 Å². The molecule has 38 heavy (non-hydrogen) atoms. The second-order valence-corrected chi connectivity index (χ2v) is 9.67. The summed E-state index contributed by atoms with van der Waals surface area (Å²) < 4.78 is 1.46. The Morgan fingerprint density at radius 1 is 1.08 bits per heavy atom. The van der Waals surface area contributed by atoms with Crippen molar-refractivity contribution in [3.8, 4) is 11.3 Å². The molecule has 0 unspecified atom stereocenters. The Kier molecular flexibility index (Phi) is 6.81. The quantitative estimate of drug-likeness (QED) is 0.485. The SMILES string of the molecule is CC(=O)c1ccc(Nc2nc(-c3cccc(N4CCN(C(=O)[C@H]5CCCN5)C4=O)c3C)cn(C)c2=O)cc1. The van der Waals surface area contributed by atoms with Crippen molar-refractivity contribution < 1.29 is 14.4 Å². The minimum absolute atomic E-state index is 0.0397. The number of nitrogens with zero attached hydrogens (tertiary/aromatic N) is 4. The van der Waals surface area contributed by atoms with E-state index in [-0.39, 0.29) is 35.1 Å². The number of benzene rings is 2. The van der Waals surface area contributed by atoms with Crippen LogP contribution in [0.5, 0.6) is 0 Å². The molecule has 196 valence electrons. The molecule has 2 aliphatic rings. The standard InChI is InChI=1S/C28H30N6O4/c1-17-21(6-4-8-24(17)33-14-15-34(28(33)38)26(36)22-7-5-13-29-22)23-16-32(3)27(37)25(31-23)30-20-11-9-19(10-12-20)18(2)35/h4,6,8-12,16,22,29H,5,7,13-15H2,1-3H3,(H,30,31)/t22-/m1/s1. The number of nitrogens with one attached hydrogen (secondary N) is 2. The maximum Gasteiger partial charge on any atom is 0.331 e. The van der Waals surface area contributed by atoms with Crippen molar-refractivity contribution in [1.82, 2.24) is 19.8 Å². The van der Waals surface area contributed by atoms with Crippen LogP contribution in [0.2, 0.25) is 0 Å². The fourth-order valence-corrected chi connectivity index (χ4v) is 4.98.